The van der Waals surface area contributed by atoms with Crippen LogP contribution < -0.4 is 5.32 Å². The summed E-state index contributed by atoms with van der Waals surface area (Å²) in [6.45, 7) is 1.08. The summed E-state index contributed by atoms with van der Waals surface area (Å²) < 4.78 is 2.83. The van der Waals surface area contributed by atoms with Gasteiger partial charge in [0, 0.05) is 36.6 Å². The van der Waals surface area contributed by atoms with Crippen molar-refractivity contribution in [2.75, 3.05) is 6.54 Å². The molecule has 0 bridgehead atoms. The molecule has 0 fully saturated rings. The molecule has 20 heavy (non-hydrogen) atoms. The lowest BCUT2D eigenvalue weighted by Gasteiger charge is -2.15. The Morgan fingerprint density at radius 2 is 2.20 bits per heavy atom. The molecule has 1 amide bonds. The molecule has 0 saturated heterocycles. The zero-order valence-electron chi connectivity index (χ0n) is 10.7. The van der Waals surface area contributed by atoms with E-state index in [9.17, 15) is 4.79 Å². The van der Waals surface area contributed by atoms with Gasteiger partial charge in [-0.2, -0.15) is 0 Å². The summed E-state index contributed by atoms with van der Waals surface area (Å²) in [4.78, 5) is 16.1. The van der Waals surface area contributed by atoms with E-state index in [1.807, 2.05) is 16.7 Å². The third-order valence-electron chi connectivity index (χ3n) is 3.39. The molecule has 0 spiro atoms. The monoisotopic (exact) mass is 329 g/mol. The third-order valence-corrected chi connectivity index (χ3v) is 4.16. The van der Waals surface area contributed by atoms with Gasteiger partial charge in [0.05, 0.1) is 22.3 Å². The van der Waals surface area contributed by atoms with Crippen LogP contribution in [0.5, 0.6) is 0 Å². The molecule has 0 aliphatic carbocycles. The highest BCUT2D eigenvalue weighted by Gasteiger charge is 2.28. The number of pyridine rings is 1. The number of hydrogen-bond acceptors (Lipinski definition) is 2. The molecule has 4 nitrogen and oxygen atoms in total. The fraction of sp³-hybridized carbons (Fsp3) is 0.200. The topological polar surface area (TPSA) is 46.9 Å². The molecule has 3 heterocycles. The second-order valence-electron chi connectivity index (χ2n) is 4.52. The van der Waals surface area contributed by atoms with Gasteiger partial charge in [0.15, 0.2) is 0 Å². The molecule has 1 N–H and O–H groups in total. The van der Waals surface area contributed by atoms with Crippen molar-refractivity contribution in [3.63, 3.8) is 0 Å². The molecule has 1 aliphatic heterocycles. The van der Waals surface area contributed by atoms with Crippen LogP contribution in [0.25, 0.3) is 11.3 Å². The molecule has 2 aromatic rings. The summed E-state index contributed by atoms with van der Waals surface area (Å²) in [5, 5.41) is 2.87. The zero-order valence-corrected chi connectivity index (χ0v) is 12.3. The first-order chi connectivity index (χ1) is 9.74. The smallest absolute Gasteiger partial charge is 0.254 e. The zero-order chi connectivity index (χ0) is 14.1. The molecule has 0 radical (unpaired) electrons. The minimum absolute atomic E-state index is 0.0517. The second-order valence-corrected chi connectivity index (χ2v) is 5.31. The molecule has 0 aromatic carbocycles. The average molecular weight is 330 g/mol. The second kappa shape index (κ2) is 5.14. The van der Waals surface area contributed by atoms with Crippen LogP contribution in [0.4, 0.5) is 0 Å². The van der Waals surface area contributed by atoms with Gasteiger partial charge in [-0.1, -0.05) is 5.92 Å². The maximum atomic E-state index is 12.1. The largest absolute Gasteiger partial charge is 0.352 e. The van der Waals surface area contributed by atoms with Crippen molar-refractivity contribution >= 4 is 21.8 Å². The summed E-state index contributed by atoms with van der Waals surface area (Å²) in [6.07, 6.45) is 9.73. The summed E-state index contributed by atoms with van der Waals surface area (Å²) in [6, 6.07) is 3.83. The molecule has 2 aromatic heterocycles. The van der Waals surface area contributed by atoms with E-state index in [0.717, 1.165) is 27.8 Å². The minimum atomic E-state index is -0.0517. The van der Waals surface area contributed by atoms with E-state index in [2.05, 4.69) is 32.2 Å². The number of nitrogens with zero attached hydrogens (tertiary/aromatic N) is 2. The standard InChI is InChI=1S/C15H12BrN3O/c1-2-9-19-11-5-8-18-15(20)12(11)13(16)14(19)10-3-6-17-7-4-10/h1,3-4,6-7H,5,8-9H2,(H,18,20). The van der Waals surface area contributed by atoms with Crippen LogP contribution in [0.15, 0.2) is 29.0 Å². The SMILES string of the molecule is C#CCn1c2c(c(Br)c1-c1ccncc1)C(=O)NCC2. The van der Waals surface area contributed by atoms with E-state index in [1.54, 1.807) is 12.4 Å². The molecular formula is C15H12BrN3O. The first-order valence-corrected chi connectivity index (χ1v) is 7.06. The van der Waals surface area contributed by atoms with Crippen molar-refractivity contribution in [1.29, 1.82) is 0 Å². The minimum Gasteiger partial charge on any atom is -0.352 e. The number of fused-ring (bicyclic) bond motifs is 1. The first-order valence-electron chi connectivity index (χ1n) is 6.27. The van der Waals surface area contributed by atoms with E-state index >= 15 is 0 Å². The number of hydrogen-bond donors (Lipinski definition) is 1. The number of carbonyl (C=O) groups excluding carboxylic acids is 1. The van der Waals surface area contributed by atoms with Gasteiger partial charge >= 0.3 is 0 Å². The lowest BCUT2D eigenvalue weighted by Crippen LogP contribution is -2.32. The van der Waals surface area contributed by atoms with Crippen molar-refractivity contribution in [2.45, 2.75) is 13.0 Å². The summed E-state index contributed by atoms with van der Waals surface area (Å²) >= 11 is 3.56. The van der Waals surface area contributed by atoms with Crippen LogP contribution in [-0.4, -0.2) is 22.0 Å². The highest BCUT2D eigenvalue weighted by molar-refractivity contribution is 9.10. The van der Waals surface area contributed by atoms with E-state index in [-0.39, 0.29) is 5.91 Å². The molecule has 1 aliphatic rings. The molecule has 5 heteroatoms. The lowest BCUT2D eigenvalue weighted by molar-refractivity contribution is 0.0944. The Labute approximate surface area is 125 Å². The molecule has 100 valence electrons. The van der Waals surface area contributed by atoms with Crippen LogP contribution in [0, 0.1) is 12.3 Å². The molecule has 0 unspecified atom stereocenters. The number of halogens is 1. The van der Waals surface area contributed by atoms with Crippen molar-refractivity contribution in [3.05, 3.63) is 40.3 Å². The molecule has 0 saturated carbocycles. The van der Waals surface area contributed by atoms with Crippen molar-refractivity contribution in [2.24, 2.45) is 0 Å². The van der Waals surface area contributed by atoms with Gasteiger partial charge < -0.3 is 9.88 Å². The fourth-order valence-corrected chi connectivity index (χ4v) is 3.42. The van der Waals surface area contributed by atoms with Crippen LogP contribution in [0.1, 0.15) is 16.1 Å². The Bertz CT molecular complexity index is 713. The van der Waals surface area contributed by atoms with Gasteiger partial charge in [-0.05, 0) is 28.1 Å². The normalized spacial score (nSPS) is 13.5. The Morgan fingerprint density at radius 3 is 2.90 bits per heavy atom. The highest BCUT2D eigenvalue weighted by atomic mass is 79.9. The van der Waals surface area contributed by atoms with Crippen molar-refractivity contribution in [1.82, 2.24) is 14.9 Å². The first kappa shape index (κ1) is 12.9. The number of amides is 1. The average Bonchev–Trinajstić information content (AvgIpc) is 2.75. The summed E-state index contributed by atoms with van der Waals surface area (Å²) in [7, 11) is 0. The number of carbonyl (C=O) groups is 1. The number of rotatable bonds is 2. The third kappa shape index (κ3) is 1.93. The maximum Gasteiger partial charge on any atom is 0.254 e. The molecule has 3 rings (SSSR count). The quantitative estimate of drug-likeness (QED) is 0.859. The summed E-state index contributed by atoms with van der Waals surface area (Å²) in [5.74, 6) is 2.62. The van der Waals surface area contributed by atoms with E-state index < -0.39 is 0 Å². The lowest BCUT2D eigenvalue weighted by atomic mass is 10.1. The number of terminal acetylenes is 1. The van der Waals surface area contributed by atoms with Crippen molar-refractivity contribution < 1.29 is 4.79 Å². The Kier molecular flexibility index (Phi) is 3.33. The number of nitrogens with one attached hydrogen (secondary N) is 1. The van der Waals surface area contributed by atoms with E-state index in [4.69, 9.17) is 6.42 Å². The van der Waals surface area contributed by atoms with Gasteiger partial charge in [-0.15, -0.1) is 6.42 Å². The van der Waals surface area contributed by atoms with Gasteiger partial charge in [-0.25, -0.2) is 0 Å². The van der Waals surface area contributed by atoms with E-state index in [0.29, 0.717) is 18.7 Å². The van der Waals surface area contributed by atoms with Gasteiger partial charge in [0.25, 0.3) is 5.91 Å². The van der Waals surface area contributed by atoms with Crippen LogP contribution in [0.3, 0.4) is 0 Å². The maximum absolute atomic E-state index is 12.1. The summed E-state index contributed by atoms with van der Waals surface area (Å²) in [5.41, 5.74) is 3.61. The van der Waals surface area contributed by atoms with Crippen LogP contribution in [-0.2, 0) is 13.0 Å². The Morgan fingerprint density at radius 1 is 1.45 bits per heavy atom. The fourth-order valence-electron chi connectivity index (χ4n) is 2.57. The highest BCUT2D eigenvalue weighted by Crippen LogP contribution is 2.37. The predicted octanol–water partition coefficient (Wildman–Crippen LogP) is 2.23. The van der Waals surface area contributed by atoms with Gasteiger partial charge in [0.2, 0.25) is 0 Å². The predicted molar refractivity (Wildman–Crippen MR) is 80.2 cm³/mol. The Balaban J connectivity index is 2.29. The van der Waals surface area contributed by atoms with Crippen LogP contribution >= 0.6 is 15.9 Å². The number of aromatic nitrogens is 2. The van der Waals surface area contributed by atoms with Gasteiger partial charge in [-0.3, -0.25) is 9.78 Å². The van der Waals surface area contributed by atoms with Gasteiger partial charge in [0.1, 0.15) is 0 Å². The Hall–Kier alpha value is -2.06. The molecule has 0 atom stereocenters. The van der Waals surface area contributed by atoms with Crippen molar-refractivity contribution in [3.8, 4) is 23.6 Å². The van der Waals surface area contributed by atoms with Crippen LogP contribution in [0.2, 0.25) is 0 Å². The van der Waals surface area contributed by atoms with E-state index in [1.165, 1.54) is 0 Å². The molecular weight excluding hydrogens is 318 g/mol.